The number of nitrogens with zero attached hydrogens (tertiary/aromatic N) is 3. The Morgan fingerprint density at radius 1 is 1.31 bits per heavy atom. The Morgan fingerprint density at radius 3 is 2.94 bits per heavy atom. The fourth-order valence-corrected chi connectivity index (χ4v) is 1.07. The predicted octanol–water partition coefficient (Wildman–Crippen LogP) is 1.97. The Hall–Kier alpha value is -1.91. The quantitative estimate of drug-likeness (QED) is 0.251. The second-order valence-electron chi connectivity index (χ2n) is 2.99. The van der Waals surface area contributed by atoms with Gasteiger partial charge in [0.15, 0.2) is 0 Å². The average Bonchev–Trinajstić information content (AvgIpc) is 2.28. The molecule has 0 saturated heterocycles. The van der Waals surface area contributed by atoms with E-state index in [0.717, 1.165) is 5.75 Å². The van der Waals surface area contributed by atoms with Crippen LogP contribution in [-0.4, -0.2) is 26.4 Å². The number of hydrogen-bond donors (Lipinski definition) is 1. The van der Waals surface area contributed by atoms with E-state index in [-0.39, 0.29) is 0 Å². The molecule has 0 spiro atoms. The molecule has 0 aliphatic rings. The highest BCUT2D eigenvalue weighted by atomic mass is 16.5. The zero-order valence-electron chi connectivity index (χ0n) is 8.87. The number of hydrogen-bond acceptors (Lipinski definition) is 4. The van der Waals surface area contributed by atoms with E-state index in [1.807, 2.05) is 12.1 Å². The largest absolute Gasteiger partial charge is 0.491 e. The van der Waals surface area contributed by atoms with Crippen molar-refractivity contribution < 1.29 is 9.47 Å². The normalized spacial score (nSPS) is 9.50. The molecule has 0 bridgehead atoms. The number of ether oxygens (including phenoxy) is 2. The molecule has 0 aliphatic heterocycles. The molecule has 0 aromatic heterocycles. The van der Waals surface area contributed by atoms with Gasteiger partial charge in [-0.1, -0.05) is 11.2 Å². The predicted molar refractivity (Wildman–Crippen MR) is 61.2 cm³/mol. The van der Waals surface area contributed by atoms with Crippen molar-refractivity contribution in [3.8, 4) is 5.75 Å². The van der Waals surface area contributed by atoms with Gasteiger partial charge in [0, 0.05) is 23.2 Å². The molecule has 0 amide bonds. The molecule has 0 unspecified atom stereocenters. The lowest BCUT2D eigenvalue weighted by Gasteiger charge is -2.06. The molecule has 86 valence electrons. The topological polar surface area (TPSA) is 93.2 Å². The van der Waals surface area contributed by atoms with Crippen molar-refractivity contribution in [1.29, 1.82) is 0 Å². The zero-order chi connectivity index (χ0) is 11.6. The summed E-state index contributed by atoms with van der Waals surface area (Å²) < 4.78 is 10.6. The van der Waals surface area contributed by atoms with Crippen molar-refractivity contribution in [2.75, 3.05) is 32.1 Å². The second kappa shape index (κ2) is 7.39. The fourth-order valence-electron chi connectivity index (χ4n) is 1.07. The van der Waals surface area contributed by atoms with Gasteiger partial charge in [-0.3, -0.25) is 0 Å². The Bertz CT molecular complexity index is 364. The number of nitrogen functional groups attached to an aromatic ring is 1. The Labute approximate surface area is 93.6 Å². The molecule has 0 aliphatic carbocycles. The zero-order valence-corrected chi connectivity index (χ0v) is 8.87. The summed E-state index contributed by atoms with van der Waals surface area (Å²) in [7, 11) is 0. The van der Waals surface area contributed by atoms with Crippen LogP contribution in [0.5, 0.6) is 5.75 Å². The number of rotatable bonds is 7. The van der Waals surface area contributed by atoms with E-state index in [9.17, 15) is 0 Å². The fraction of sp³-hybridized carbons (Fsp3) is 0.400. The van der Waals surface area contributed by atoms with Crippen LogP contribution in [0.4, 0.5) is 5.69 Å². The second-order valence-corrected chi connectivity index (χ2v) is 2.99. The van der Waals surface area contributed by atoms with Crippen LogP contribution in [0.15, 0.2) is 29.4 Å². The van der Waals surface area contributed by atoms with Gasteiger partial charge in [0.05, 0.1) is 13.2 Å². The van der Waals surface area contributed by atoms with Crippen molar-refractivity contribution >= 4 is 5.69 Å². The van der Waals surface area contributed by atoms with Gasteiger partial charge in [-0.15, -0.1) is 0 Å². The number of anilines is 1. The minimum Gasteiger partial charge on any atom is -0.491 e. The lowest BCUT2D eigenvalue weighted by Crippen LogP contribution is -2.08. The molecular weight excluding hydrogens is 208 g/mol. The maximum atomic E-state index is 8.01. The minimum absolute atomic E-state index is 0.342. The van der Waals surface area contributed by atoms with Gasteiger partial charge >= 0.3 is 0 Å². The highest BCUT2D eigenvalue weighted by molar-refractivity contribution is 5.43. The molecule has 6 nitrogen and oxygen atoms in total. The Kier molecular flexibility index (Phi) is 5.62. The van der Waals surface area contributed by atoms with Gasteiger partial charge in [0.25, 0.3) is 0 Å². The van der Waals surface area contributed by atoms with E-state index in [0.29, 0.717) is 32.1 Å². The van der Waals surface area contributed by atoms with Crippen molar-refractivity contribution in [3.05, 3.63) is 34.7 Å². The number of benzene rings is 1. The first-order chi connectivity index (χ1) is 7.83. The maximum Gasteiger partial charge on any atom is 0.121 e. The summed E-state index contributed by atoms with van der Waals surface area (Å²) in [6, 6.07) is 7.20. The smallest absolute Gasteiger partial charge is 0.121 e. The summed E-state index contributed by atoms with van der Waals surface area (Å²) in [5, 5.41) is 3.34. The Balaban J connectivity index is 2.09. The summed E-state index contributed by atoms with van der Waals surface area (Å²) in [6.45, 7) is 1.65. The van der Waals surface area contributed by atoms with Crippen LogP contribution < -0.4 is 10.5 Å². The molecule has 2 N–H and O–H groups in total. The molecule has 0 atom stereocenters. The lowest BCUT2D eigenvalue weighted by molar-refractivity contribution is 0.106. The summed E-state index contributed by atoms with van der Waals surface area (Å²) in [5.41, 5.74) is 14.3. The van der Waals surface area contributed by atoms with Crippen molar-refractivity contribution in [1.82, 2.24) is 0 Å². The van der Waals surface area contributed by atoms with Gasteiger partial charge in [0.2, 0.25) is 0 Å². The molecule has 0 saturated carbocycles. The first-order valence-corrected chi connectivity index (χ1v) is 4.90. The van der Waals surface area contributed by atoms with E-state index in [1.165, 1.54) is 0 Å². The summed E-state index contributed by atoms with van der Waals surface area (Å²) in [6.07, 6.45) is 0. The Morgan fingerprint density at radius 2 is 2.19 bits per heavy atom. The maximum absolute atomic E-state index is 8.01. The van der Waals surface area contributed by atoms with Crippen LogP contribution in [0.2, 0.25) is 0 Å². The molecular formula is C10H14N4O2. The van der Waals surface area contributed by atoms with E-state index in [4.69, 9.17) is 20.7 Å². The molecule has 1 aromatic carbocycles. The summed E-state index contributed by atoms with van der Waals surface area (Å²) in [5.74, 6) is 0.721. The number of azide groups is 1. The lowest BCUT2D eigenvalue weighted by atomic mass is 10.3. The molecule has 16 heavy (non-hydrogen) atoms. The first kappa shape index (κ1) is 12.2. The molecule has 1 rings (SSSR count). The minimum atomic E-state index is 0.342. The highest BCUT2D eigenvalue weighted by Crippen LogP contribution is 2.13. The van der Waals surface area contributed by atoms with Gasteiger partial charge in [-0.2, -0.15) is 0 Å². The van der Waals surface area contributed by atoms with Crippen LogP contribution in [0.1, 0.15) is 0 Å². The van der Waals surface area contributed by atoms with Crippen molar-refractivity contribution in [2.45, 2.75) is 0 Å². The molecule has 0 heterocycles. The van der Waals surface area contributed by atoms with Gasteiger partial charge in [-0.05, 0) is 17.7 Å². The molecule has 1 aromatic rings. The molecule has 6 heteroatoms. The van der Waals surface area contributed by atoms with E-state index in [2.05, 4.69) is 10.0 Å². The van der Waals surface area contributed by atoms with E-state index >= 15 is 0 Å². The molecule has 0 fully saturated rings. The first-order valence-electron chi connectivity index (χ1n) is 4.90. The molecule has 0 radical (unpaired) electrons. The van der Waals surface area contributed by atoms with Gasteiger partial charge in [-0.25, -0.2) is 0 Å². The monoisotopic (exact) mass is 222 g/mol. The van der Waals surface area contributed by atoms with Crippen LogP contribution in [0, 0.1) is 0 Å². The van der Waals surface area contributed by atoms with E-state index in [1.54, 1.807) is 12.1 Å². The van der Waals surface area contributed by atoms with Crippen LogP contribution >= 0.6 is 0 Å². The highest BCUT2D eigenvalue weighted by Gasteiger charge is 1.94. The van der Waals surface area contributed by atoms with Gasteiger partial charge in [0.1, 0.15) is 12.4 Å². The van der Waals surface area contributed by atoms with E-state index < -0.39 is 0 Å². The van der Waals surface area contributed by atoms with Crippen molar-refractivity contribution in [3.63, 3.8) is 0 Å². The SMILES string of the molecule is [N-]=[N+]=NCCOCCOc1cccc(N)c1. The van der Waals surface area contributed by atoms with Crippen LogP contribution in [0.25, 0.3) is 10.4 Å². The standard InChI is InChI=1S/C10H14N4O2/c11-9-2-1-3-10(8-9)16-7-6-15-5-4-13-14-12/h1-3,8H,4-7,11H2. The van der Waals surface area contributed by atoms with Crippen LogP contribution in [-0.2, 0) is 4.74 Å². The third-order valence-electron chi connectivity index (χ3n) is 1.75. The number of nitrogens with two attached hydrogens (primary N) is 1. The van der Waals surface area contributed by atoms with Crippen molar-refractivity contribution in [2.24, 2.45) is 5.11 Å². The van der Waals surface area contributed by atoms with Crippen LogP contribution in [0.3, 0.4) is 0 Å². The summed E-state index contributed by atoms with van der Waals surface area (Å²) in [4.78, 5) is 2.61. The van der Waals surface area contributed by atoms with Gasteiger partial charge < -0.3 is 15.2 Å². The summed E-state index contributed by atoms with van der Waals surface area (Å²) >= 11 is 0. The third kappa shape index (κ3) is 5.09. The third-order valence-corrected chi connectivity index (χ3v) is 1.75. The average molecular weight is 222 g/mol.